The van der Waals surface area contributed by atoms with E-state index in [1.54, 1.807) is 24.3 Å². The van der Waals surface area contributed by atoms with E-state index in [0.717, 1.165) is 18.6 Å². The quantitative estimate of drug-likeness (QED) is 0.757. The van der Waals surface area contributed by atoms with Gasteiger partial charge in [-0.2, -0.15) is 0 Å². The Balaban J connectivity index is 2.57. The van der Waals surface area contributed by atoms with Crippen LogP contribution in [-0.4, -0.2) is 23.3 Å². The molecule has 0 aliphatic carbocycles. The average Bonchev–Trinajstić information content (AvgIpc) is 2.31. The highest BCUT2D eigenvalue weighted by molar-refractivity contribution is 5.76. The summed E-state index contributed by atoms with van der Waals surface area (Å²) in [5.41, 5.74) is -1.23. The number of aliphatic carboxylic acids is 1. The van der Waals surface area contributed by atoms with Gasteiger partial charge in [-0.15, -0.1) is 0 Å². The molecule has 0 unspecified atom stereocenters. The first-order valence-corrected chi connectivity index (χ1v) is 6.11. The van der Waals surface area contributed by atoms with E-state index in [9.17, 15) is 4.79 Å². The standard InChI is InChI=1S/C14H20O4/c1-4-5-10-17-11-6-8-12(9-7-11)18-14(2,3)13(15)16/h6-9H,4-5,10H2,1-3H3,(H,15,16). The zero-order valence-electron chi connectivity index (χ0n) is 11.1. The van der Waals surface area contributed by atoms with E-state index in [-0.39, 0.29) is 0 Å². The van der Waals surface area contributed by atoms with Crippen LogP contribution in [0.2, 0.25) is 0 Å². The first-order valence-electron chi connectivity index (χ1n) is 6.11. The maximum Gasteiger partial charge on any atom is 0.347 e. The van der Waals surface area contributed by atoms with Gasteiger partial charge in [-0.25, -0.2) is 4.79 Å². The fourth-order valence-electron chi connectivity index (χ4n) is 1.28. The highest BCUT2D eigenvalue weighted by Crippen LogP contribution is 2.22. The van der Waals surface area contributed by atoms with E-state index < -0.39 is 11.6 Å². The van der Waals surface area contributed by atoms with Crippen LogP contribution in [0.15, 0.2) is 24.3 Å². The summed E-state index contributed by atoms with van der Waals surface area (Å²) in [5.74, 6) is 0.292. The molecule has 0 aliphatic rings. The van der Waals surface area contributed by atoms with E-state index in [1.807, 2.05) is 0 Å². The van der Waals surface area contributed by atoms with Crippen LogP contribution in [0.4, 0.5) is 0 Å². The van der Waals surface area contributed by atoms with Gasteiger partial charge in [-0.1, -0.05) is 13.3 Å². The van der Waals surface area contributed by atoms with Crippen molar-refractivity contribution in [3.05, 3.63) is 24.3 Å². The zero-order chi connectivity index (χ0) is 13.6. The smallest absolute Gasteiger partial charge is 0.347 e. The predicted molar refractivity (Wildman–Crippen MR) is 69.2 cm³/mol. The number of carboxylic acid groups (broad SMARTS) is 1. The van der Waals surface area contributed by atoms with E-state index in [4.69, 9.17) is 14.6 Å². The second-order valence-corrected chi connectivity index (χ2v) is 4.59. The van der Waals surface area contributed by atoms with Crippen molar-refractivity contribution < 1.29 is 19.4 Å². The van der Waals surface area contributed by atoms with Crippen LogP contribution in [0.5, 0.6) is 11.5 Å². The number of hydrogen-bond donors (Lipinski definition) is 1. The van der Waals surface area contributed by atoms with Crippen molar-refractivity contribution in [3.8, 4) is 11.5 Å². The molecule has 18 heavy (non-hydrogen) atoms. The summed E-state index contributed by atoms with van der Waals surface area (Å²) >= 11 is 0. The maximum absolute atomic E-state index is 10.9. The molecular weight excluding hydrogens is 232 g/mol. The highest BCUT2D eigenvalue weighted by atomic mass is 16.5. The Morgan fingerprint density at radius 3 is 2.28 bits per heavy atom. The molecule has 1 N–H and O–H groups in total. The topological polar surface area (TPSA) is 55.8 Å². The molecule has 0 heterocycles. The van der Waals surface area contributed by atoms with Crippen LogP contribution in [0, 0.1) is 0 Å². The van der Waals surface area contributed by atoms with Crippen molar-refractivity contribution in [3.63, 3.8) is 0 Å². The third-order valence-corrected chi connectivity index (χ3v) is 2.48. The minimum absolute atomic E-state index is 0.519. The Kier molecular flexibility index (Phi) is 5.01. The van der Waals surface area contributed by atoms with Gasteiger partial charge in [-0.3, -0.25) is 0 Å². The summed E-state index contributed by atoms with van der Waals surface area (Å²) < 4.78 is 10.9. The summed E-state index contributed by atoms with van der Waals surface area (Å²) in [5, 5.41) is 8.95. The summed E-state index contributed by atoms with van der Waals surface area (Å²) in [6, 6.07) is 6.99. The minimum atomic E-state index is -1.23. The Labute approximate surface area is 108 Å². The van der Waals surface area contributed by atoms with Crippen LogP contribution in [-0.2, 0) is 4.79 Å². The lowest BCUT2D eigenvalue weighted by Crippen LogP contribution is -2.37. The molecule has 1 aromatic carbocycles. The molecule has 0 fully saturated rings. The third-order valence-electron chi connectivity index (χ3n) is 2.48. The van der Waals surface area contributed by atoms with Gasteiger partial charge >= 0.3 is 5.97 Å². The normalized spacial score (nSPS) is 11.1. The van der Waals surface area contributed by atoms with Crippen molar-refractivity contribution in [2.24, 2.45) is 0 Å². The molecule has 0 bridgehead atoms. The summed E-state index contributed by atoms with van der Waals surface area (Å²) in [6.45, 7) is 5.83. The molecule has 4 heteroatoms. The summed E-state index contributed by atoms with van der Waals surface area (Å²) in [7, 11) is 0. The lowest BCUT2D eigenvalue weighted by molar-refractivity contribution is -0.152. The van der Waals surface area contributed by atoms with Crippen molar-refractivity contribution in [1.82, 2.24) is 0 Å². The predicted octanol–water partition coefficient (Wildman–Crippen LogP) is 3.11. The van der Waals surface area contributed by atoms with Crippen LogP contribution in [0.25, 0.3) is 0 Å². The van der Waals surface area contributed by atoms with E-state index >= 15 is 0 Å². The highest BCUT2D eigenvalue weighted by Gasteiger charge is 2.29. The van der Waals surface area contributed by atoms with E-state index in [1.165, 1.54) is 13.8 Å². The number of carboxylic acids is 1. The molecule has 0 aromatic heterocycles. The number of rotatable bonds is 7. The Bertz CT molecular complexity index is 381. The van der Waals surface area contributed by atoms with E-state index in [2.05, 4.69) is 6.92 Å². The van der Waals surface area contributed by atoms with Crippen molar-refractivity contribution in [2.45, 2.75) is 39.2 Å². The zero-order valence-corrected chi connectivity index (χ0v) is 11.1. The van der Waals surface area contributed by atoms with Gasteiger partial charge in [0.05, 0.1) is 6.61 Å². The molecular formula is C14H20O4. The Hall–Kier alpha value is -1.71. The fourth-order valence-corrected chi connectivity index (χ4v) is 1.28. The molecule has 4 nitrogen and oxygen atoms in total. The molecule has 0 saturated carbocycles. The van der Waals surface area contributed by atoms with Gasteiger partial charge in [-0.05, 0) is 44.5 Å². The van der Waals surface area contributed by atoms with Gasteiger partial charge in [0.15, 0.2) is 5.60 Å². The van der Waals surface area contributed by atoms with Crippen LogP contribution >= 0.6 is 0 Å². The fraction of sp³-hybridized carbons (Fsp3) is 0.500. The molecule has 0 saturated heterocycles. The average molecular weight is 252 g/mol. The number of ether oxygens (including phenoxy) is 2. The molecule has 0 atom stereocenters. The van der Waals surface area contributed by atoms with Gasteiger partial charge in [0.2, 0.25) is 0 Å². The molecule has 0 amide bonds. The van der Waals surface area contributed by atoms with Gasteiger partial charge in [0, 0.05) is 0 Å². The largest absolute Gasteiger partial charge is 0.494 e. The summed E-state index contributed by atoms with van der Waals surface area (Å²) in [6.07, 6.45) is 2.11. The third kappa shape index (κ3) is 4.28. The van der Waals surface area contributed by atoms with Crippen LogP contribution in [0.3, 0.4) is 0 Å². The maximum atomic E-state index is 10.9. The summed E-state index contributed by atoms with van der Waals surface area (Å²) in [4.78, 5) is 10.9. The molecule has 0 aliphatic heterocycles. The van der Waals surface area contributed by atoms with Gasteiger partial charge in [0.25, 0.3) is 0 Å². The monoisotopic (exact) mass is 252 g/mol. The molecule has 0 spiro atoms. The number of unbranched alkanes of at least 4 members (excludes halogenated alkanes) is 1. The molecule has 1 aromatic rings. The first kappa shape index (κ1) is 14.4. The lowest BCUT2D eigenvalue weighted by Gasteiger charge is -2.21. The van der Waals surface area contributed by atoms with Crippen molar-refractivity contribution in [2.75, 3.05) is 6.61 Å². The lowest BCUT2D eigenvalue weighted by atomic mass is 10.1. The van der Waals surface area contributed by atoms with Gasteiger partial charge in [0.1, 0.15) is 11.5 Å². The Morgan fingerprint density at radius 2 is 1.78 bits per heavy atom. The van der Waals surface area contributed by atoms with Gasteiger partial charge < -0.3 is 14.6 Å². The Morgan fingerprint density at radius 1 is 1.22 bits per heavy atom. The minimum Gasteiger partial charge on any atom is -0.494 e. The first-order chi connectivity index (χ1) is 8.45. The second kappa shape index (κ2) is 6.28. The SMILES string of the molecule is CCCCOc1ccc(OC(C)(C)C(=O)O)cc1. The second-order valence-electron chi connectivity index (χ2n) is 4.59. The van der Waals surface area contributed by atoms with E-state index in [0.29, 0.717) is 12.4 Å². The number of benzene rings is 1. The van der Waals surface area contributed by atoms with Crippen LogP contribution in [0.1, 0.15) is 33.6 Å². The van der Waals surface area contributed by atoms with Crippen LogP contribution < -0.4 is 9.47 Å². The number of hydrogen-bond acceptors (Lipinski definition) is 3. The van der Waals surface area contributed by atoms with Crippen molar-refractivity contribution in [1.29, 1.82) is 0 Å². The number of carbonyl (C=O) groups is 1. The molecule has 0 radical (unpaired) electrons. The molecule has 1 rings (SSSR count). The van der Waals surface area contributed by atoms with Crippen molar-refractivity contribution >= 4 is 5.97 Å². The molecule has 100 valence electrons.